The Morgan fingerprint density at radius 3 is 2.46 bits per heavy atom. The predicted octanol–water partition coefficient (Wildman–Crippen LogP) is 3.10. The second-order valence-corrected chi connectivity index (χ2v) is 6.61. The highest BCUT2D eigenvalue weighted by Crippen LogP contribution is 2.29. The lowest BCUT2D eigenvalue weighted by atomic mass is 10.1. The molecule has 0 N–H and O–H groups in total. The third-order valence-corrected chi connectivity index (χ3v) is 4.84. The summed E-state index contributed by atoms with van der Waals surface area (Å²) >= 11 is 0. The highest BCUT2D eigenvalue weighted by Gasteiger charge is 2.30. The molecule has 0 bridgehead atoms. The highest BCUT2D eigenvalue weighted by atomic mass is 19.4. The van der Waals surface area contributed by atoms with Crippen LogP contribution in [0.5, 0.6) is 0 Å². The van der Waals surface area contributed by atoms with E-state index in [1.807, 2.05) is 12.1 Å². The molecule has 0 aliphatic carbocycles. The van der Waals surface area contributed by atoms with Crippen LogP contribution >= 0.6 is 0 Å². The molecule has 1 amide bonds. The zero-order valence-corrected chi connectivity index (χ0v) is 14.9. The van der Waals surface area contributed by atoms with E-state index in [1.165, 1.54) is 12.1 Å². The molecule has 0 spiro atoms. The van der Waals surface area contributed by atoms with Crippen molar-refractivity contribution in [3.63, 3.8) is 0 Å². The van der Waals surface area contributed by atoms with Crippen LogP contribution in [0.3, 0.4) is 0 Å². The van der Waals surface area contributed by atoms with Crippen LogP contribution < -0.4 is 4.90 Å². The van der Waals surface area contributed by atoms with E-state index in [2.05, 4.69) is 15.0 Å². The topological polar surface area (TPSA) is 53.7 Å². The summed E-state index contributed by atoms with van der Waals surface area (Å²) in [6, 6.07) is 8.08. The number of hydrogen-bond donors (Lipinski definition) is 0. The third kappa shape index (κ3) is 3.51. The molecule has 146 valence electrons. The summed E-state index contributed by atoms with van der Waals surface area (Å²) in [6.07, 6.45) is -0.253. The predicted molar refractivity (Wildman–Crippen MR) is 97.2 cm³/mol. The molecule has 1 fully saturated rings. The fraction of sp³-hybridized carbons (Fsp3) is 0.316. The van der Waals surface area contributed by atoms with E-state index < -0.39 is 11.7 Å². The van der Waals surface area contributed by atoms with Gasteiger partial charge in [0, 0.05) is 44.0 Å². The Kier molecular flexibility index (Phi) is 4.66. The smallest absolute Gasteiger partial charge is 0.355 e. The van der Waals surface area contributed by atoms with Crippen molar-refractivity contribution >= 4 is 17.4 Å². The average molecular weight is 389 g/mol. The maximum absolute atomic E-state index is 12.7. The van der Waals surface area contributed by atoms with Crippen LogP contribution in [0, 0.1) is 0 Å². The lowest BCUT2D eigenvalue weighted by Gasteiger charge is -2.24. The van der Waals surface area contributed by atoms with Crippen molar-refractivity contribution in [2.45, 2.75) is 12.6 Å². The molecule has 2 aromatic heterocycles. The quantitative estimate of drug-likeness (QED) is 0.676. The second kappa shape index (κ2) is 7.14. The van der Waals surface area contributed by atoms with Gasteiger partial charge in [0.1, 0.15) is 5.82 Å². The zero-order chi connectivity index (χ0) is 19.7. The molecule has 0 radical (unpaired) electrons. The highest BCUT2D eigenvalue weighted by molar-refractivity contribution is 5.94. The fourth-order valence-electron chi connectivity index (χ4n) is 3.39. The average Bonchev–Trinajstić information content (AvgIpc) is 3.04. The Hall–Kier alpha value is -3.10. The van der Waals surface area contributed by atoms with Gasteiger partial charge in [-0.3, -0.25) is 4.79 Å². The van der Waals surface area contributed by atoms with Gasteiger partial charge in [-0.2, -0.15) is 22.8 Å². The Balaban J connectivity index is 1.48. The number of benzene rings is 1. The molecule has 9 heteroatoms. The molecule has 28 heavy (non-hydrogen) atoms. The van der Waals surface area contributed by atoms with E-state index in [-0.39, 0.29) is 11.5 Å². The number of fused-ring (bicyclic) bond motifs is 1. The SMILES string of the molecule is O=C(c1ccc(C(F)(F)F)cc1)N1CCCN(c2ccnc3ccnn23)CC1. The van der Waals surface area contributed by atoms with Crippen LogP contribution in [0.25, 0.3) is 5.65 Å². The molecule has 0 unspecified atom stereocenters. The van der Waals surface area contributed by atoms with Crippen LogP contribution in [0.4, 0.5) is 19.0 Å². The lowest BCUT2D eigenvalue weighted by molar-refractivity contribution is -0.137. The van der Waals surface area contributed by atoms with Gasteiger partial charge in [0.15, 0.2) is 5.65 Å². The molecular weight excluding hydrogens is 371 g/mol. The van der Waals surface area contributed by atoms with Crippen molar-refractivity contribution in [1.29, 1.82) is 0 Å². The van der Waals surface area contributed by atoms with Crippen molar-refractivity contribution in [2.75, 3.05) is 31.1 Å². The molecule has 1 saturated heterocycles. The number of anilines is 1. The maximum atomic E-state index is 12.7. The minimum absolute atomic E-state index is 0.255. The van der Waals surface area contributed by atoms with Gasteiger partial charge in [-0.15, -0.1) is 0 Å². The fourth-order valence-corrected chi connectivity index (χ4v) is 3.39. The molecule has 6 nitrogen and oxygen atoms in total. The Labute approximate surface area is 159 Å². The number of nitrogens with zero attached hydrogens (tertiary/aromatic N) is 5. The van der Waals surface area contributed by atoms with Crippen molar-refractivity contribution in [1.82, 2.24) is 19.5 Å². The van der Waals surface area contributed by atoms with Crippen LogP contribution in [-0.2, 0) is 6.18 Å². The van der Waals surface area contributed by atoms with E-state index in [0.717, 1.165) is 36.6 Å². The maximum Gasteiger partial charge on any atom is 0.416 e. The number of halogens is 3. The van der Waals surface area contributed by atoms with E-state index >= 15 is 0 Å². The van der Waals surface area contributed by atoms with Crippen LogP contribution in [0.2, 0.25) is 0 Å². The summed E-state index contributed by atoms with van der Waals surface area (Å²) in [6.45, 7) is 2.37. The van der Waals surface area contributed by atoms with E-state index in [0.29, 0.717) is 19.6 Å². The number of carbonyl (C=O) groups is 1. The van der Waals surface area contributed by atoms with E-state index in [9.17, 15) is 18.0 Å². The van der Waals surface area contributed by atoms with Crippen molar-refractivity contribution in [3.8, 4) is 0 Å². The first-order chi connectivity index (χ1) is 13.4. The molecule has 1 aromatic carbocycles. The molecule has 4 rings (SSSR count). The third-order valence-electron chi connectivity index (χ3n) is 4.84. The Morgan fingerprint density at radius 2 is 1.71 bits per heavy atom. The van der Waals surface area contributed by atoms with Gasteiger partial charge in [0.25, 0.3) is 5.91 Å². The van der Waals surface area contributed by atoms with Gasteiger partial charge in [0.2, 0.25) is 0 Å². The van der Waals surface area contributed by atoms with Gasteiger partial charge in [-0.25, -0.2) is 4.98 Å². The van der Waals surface area contributed by atoms with Crippen LogP contribution in [0.1, 0.15) is 22.3 Å². The standard InChI is InChI=1S/C19H18F3N5O/c20-19(21,22)15-4-2-14(3-5-15)18(28)26-11-1-10-25(12-13-26)17-7-8-23-16-6-9-24-27(16)17/h2-9H,1,10-13H2. The van der Waals surface area contributed by atoms with Crippen molar-refractivity contribution in [3.05, 3.63) is 59.9 Å². The van der Waals surface area contributed by atoms with E-state index in [1.54, 1.807) is 21.8 Å². The second-order valence-electron chi connectivity index (χ2n) is 6.61. The molecule has 0 saturated carbocycles. The summed E-state index contributed by atoms with van der Waals surface area (Å²) < 4.78 is 39.9. The minimum atomic E-state index is -4.41. The monoisotopic (exact) mass is 389 g/mol. The van der Waals surface area contributed by atoms with Crippen LogP contribution in [0.15, 0.2) is 48.8 Å². The number of aromatic nitrogens is 3. The van der Waals surface area contributed by atoms with Gasteiger partial charge < -0.3 is 9.80 Å². The minimum Gasteiger partial charge on any atom is -0.355 e. The van der Waals surface area contributed by atoms with Gasteiger partial charge in [0.05, 0.1) is 11.8 Å². The molecule has 1 aliphatic heterocycles. The Morgan fingerprint density at radius 1 is 0.929 bits per heavy atom. The summed E-state index contributed by atoms with van der Waals surface area (Å²) in [5.74, 6) is 0.647. The van der Waals surface area contributed by atoms with Gasteiger partial charge in [-0.1, -0.05) is 0 Å². The van der Waals surface area contributed by atoms with Gasteiger partial charge in [-0.05, 0) is 36.8 Å². The first kappa shape index (κ1) is 18.3. The van der Waals surface area contributed by atoms with Crippen molar-refractivity contribution < 1.29 is 18.0 Å². The number of hydrogen-bond acceptors (Lipinski definition) is 4. The van der Waals surface area contributed by atoms with Crippen molar-refractivity contribution in [2.24, 2.45) is 0 Å². The normalized spacial score (nSPS) is 15.7. The number of alkyl halides is 3. The number of carbonyl (C=O) groups excluding carboxylic acids is 1. The molecule has 1 aliphatic rings. The number of rotatable bonds is 2. The zero-order valence-electron chi connectivity index (χ0n) is 14.9. The largest absolute Gasteiger partial charge is 0.416 e. The summed E-state index contributed by atoms with van der Waals surface area (Å²) in [5, 5.41) is 4.29. The van der Waals surface area contributed by atoms with Crippen LogP contribution in [-0.4, -0.2) is 51.6 Å². The Bertz CT molecular complexity index is 983. The molecule has 3 aromatic rings. The number of amides is 1. The first-order valence-electron chi connectivity index (χ1n) is 8.94. The van der Waals surface area contributed by atoms with Gasteiger partial charge >= 0.3 is 6.18 Å². The summed E-state index contributed by atoms with van der Waals surface area (Å²) in [4.78, 5) is 20.8. The lowest BCUT2D eigenvalue weighted by Crippen LogP contribution is -2.35. The van der Waals surface area contributed by atoms with E-state index in [4.69, 9.17) is 0 Å². The summed E-state index contributed by atoms with van der Waals surface area (Å²) in [5.41, 5.74) is 0.256. The molecule has 3 heterocycles. The molecule has 0 atom stereocenters. The molecular formula is C19H18F3N5O. The first-order valence-corrected chi connectivity index (χ1v) is 8.94. The summed E-state index contributed by atoms with van der Waals surface area (Å²) in [7, 11) is 0.